The first-order valence-electron chi connectivity index (χ1n) is 3.64. The molecule has 11 heavy (non-hydrogen) atoms. The number of carbonyl (C=O) groups excluding carboxylic acids is 1. The number of likely N-dealkylation sites (N-methyl/N-ethyl adjacent to an activating group) is 1. The van der Waals surface area contributed by atoms with E-state index in [1.54, 1.807) is 18.9 Å². The Morgan fingerprint density at radius 2 is 2.36 bits per heavy atom. The van der Waals surface area contributed by atoms with Crippen molar-refractivity contribution in [3.63, 3.8) is 0 Å². The molecule has 62 valence electrons. The number of carbonyl (C=O) groups is 1. The highest BCUT2D eigenvalue weighted by Crippen LogP contribution is 2.10. The summed E-state index contributed by atoms with van der Waals surface area (Å²) in [6.07, 6.45) is 0.267. The number of amides is 1. The molecule has 0 radical (unpaired) electrons. The van der Waals surface area contributed by atoms with Crippen LogP contribution in [0.2, 0.25) is 0 Å². The van der Waals surface area contributed by atoms with Gasteiger partial charge in [-0.3, -0.25) is 4.79 Å². The molecule has 1 amide bonds. The van der Waals surface area contributed by atoms with Crippen molar-refractivity contribution in [2.45, 2.75) is 13.0 Å². The number of hydrogen-bond donors (Lipinski definition) is 0. The van der Waals surface area contributed by atoms with E-state index in [0.29, 0.717) is 12.1 Å². The molecule has 0 N–H and O–H groups in total. The van der Waals surface area contributed by atoms with Gasteiger partial charge in [-0.15, -0.1) is 0 Å². The third kappa shape index (κ3) is 2.35. The average Bonchev–Trinajstić information content (AvgIpc) is 2.69. The molecule has 1 rings (SSSR count). The number of ether oxygens (including phenoxy) is 1. The van der Waals surface area contributed by atoms with E-state index >= 15 is 0 Å². The molecule has 1 fully saturated rings. The second kappa shape index (κ2) is 3.05. The van der Waals surface area contributed by atoms with Crippen molar-refractivity contribution in [1.29, 1.82) is 0 Å². The quantitative estimate of drug-likeness (QED) is 0.437. The maximum atomic E-state index is 11.2. The van der Waals surface area contributed by atoms with Gasteiger partial charge in [-0.1, -0.05) is 6.58 Å². The summed E-state index contributed by atoms with van der Waals surface area (Å²) in [5, 5.41) is 0. The van der Waals surface area contributed by atoms with Crippen LogP contribution >= 0.6 is 0 Å². The predicted molar refractivity (Wildman–Crippen MR) is 42.2 cm³/mol. The molecule has 3 heteroatoms. The highest BCUT2D eigenvalue weighted by molar-refractivity contribution is 5.91. The minimum absolute atomic E-state index is 0.000463. The summed E-state index contributed by atoms with van der Waals surface area (Å²) in [5.74, 6) is 0.000463. The molecule has 1 unspecified atom stereocenters. The Hall–Kier alpha value is -0.830. The van der Waals surface area contributed by atoms with Crippen LogP contribution < -0.4 is 0 Å². The number of epoxide rings is 1. The first-order chi connectivity index (χ1) is 5.11. The Morgan fingerprint density at radius 3 is 2.73 bits per heavy atom. The lowest BCUT2D eigenvalue weighted by Crippen LogP contribution is -2.30. The molecule has 3 nitrogen and oxygen atoms in total. The van der Waals surface area contributed by atoms with Crippen molar-refractivity contribution in [1.82, 2.24) is 4.90 Å². The van der Waals surface area contributed by atoms with E-state index < -0.39 is 0 Å². The summed E-state index contributed by atoms with van der Waals surface area (Å²) in [5.41, 5.74) is 0.577. The van der Waals surface area contributed by atoms with E-state index in [4.69, 9.17) is 4.74 Å². The highest BCUT2D eigenvalue weighted by atomic mass is 16.6. The fourth-order valence-corrected chi connectivity index (χ4v) is 0.888. The van der Waals surface area contributed by atoms with Gasteiger partial charge in [0.25, 0.3) is 0 Å². The van der Waals surface area contributed by atoms with E-state index in [0.717, 1.165) is 6.61 Å². The van der Waals surface area contributed by atoms with Crippen molar-refractivity contribution in [2.24, 2.45) is 0 Å². The van der Waals surface area contributed by atoms with Crippen LogP contribution in [0, 0.1) is 0 Å². The van der Waals surface area contributed by atoms with Crippen LogP contribution in [0.15, 0.2) is 12.2 Å². The topological polar surface area (TPSA) is 32.8 Å². The largest absolute Gasteiger partial charge is 0.371 e. The van der Waals surface area contributed by atoms with Crippen LogP contribution in [-0.2, 0) is 9.53 Å². The van der Waals surface area contributed by atoms with E-state index in [1.807, 2.05) is 0 Å². The lowest BCUT2D eigenvalue weighted by atomic mass is 10.3. The first-order valence-corrected chi connectivity index (χ1v) is 3.64. The van der Waals surface area contributed by atoms with Crippen LogP contribution in [0.4, 0.5) is 0 Å². The predicted octanol–water partition coefficient (Wildman–Crippen LogP) is 0.420. The smallest absolute Gasteiger partial charge is 0.248 e. The number of hydrogen-bond acceptors (Lipinski definition) is 2. The normalized spacial score (nSPS) is 21.1. The lowest BCUT2D eigenvalue weighted by molar-refractivity contribution is -0.126. The molecule has 1 saturated heterocycles. The van der Waals surface area contributed by atoms with Crippen LogP contribution in [0.3, 0.4) is 0 Å². The summed E-state index contributed by atoms with van der Waals surface area (Å²) >= 11 is 0. The van der Waals surface area contributed by atoms with Crippen molar-refractivity contribution < 1.29 is 9.53 Å². The minimum atomic E-state index is 0.000463. The van der Waals surface area contributed by atoms with E-state index in [9.17, 15) is 4.79 Å². The van der Waals surface area contributed by atoms with Gasteiger partial charge < -0.3 is 9.64 Å². The average molecular weight is 155 g/mol. The maximum absolute atomic E-state index is 11.2. The maximum Gasteiger partial charge on any atom is 0.248 e. The van der Waals surface area contributed by atoms with Crippen molar-refractivity contribution in [3.8, 4) is 0 Å². The lowest BCUT2D eigenvalue weighted by Gasteiger charge is -2.14. The Balaban J connectivity index is 2.32. The zero-order valence-corrected chi connectivity index (χ0v) is 6.96. The Labute approximate surface area is 66.6 Å². The molecule has 1 atom stereocenters. The second-order valence-corrected chi connectivity index (χ2v) is 2.92. The molecule has 0 aromatic heterocycles. The fraction of sp³-hybridized carbons (Fsp3) is 0.625. The monoisotopic (exact) mass is 155 g/mol. The molecule has 1 aliphatic rings. The SMILES string of the molecule is C=C(C)C(=O)N(C)CC1CO1. The molecule has 0 aliphatic carbocycles. The van der Waals surface area contributed by atoms with Gasteiger partial charge >= 0.3 is 0 Å². The molecule has 1 heterocycles. The van der Waals surface area contributed by atoms with E-state index in [1.165, 1.54) is 0 Å². The molecule has 0 aromatic rings. The van der Waals surface area contributed by atoms with Gasteiger partial charge in [0.15, 0.2) is 0 Å². The first kappa shape index (κ1) is 8.27. The Morgan fingerprint density at radius 1 is 1.82 bits per heavy atom. The molecule has 0 bridgehead atoms. The van der Waals surface area contributed by atoms with Crippen LogP contribution in [0.25, 0.3) is 0 Å². The Bertz CT molecular complexity index is 185. The van der Waals surface area contributed by atoms with Gasteiger partial charge in [0.1, 0.15) is 0 Å². The summed E-state index contributed by atoms with van der Waals surface area (Å²) in [6, 6.07) is 0. The van der Waals surface area contributed by atoms with Gasteiger partial charge in [-0.05, 0) is 6.92 Å². The van der Waals surface area contributed by atoms with Gasteiger partial charge in [-0.25, -0.2) is 0 Å². The highest BCUT2D eigenvalue weighted by Gasteiger charge is 2.25. The number of rotatable bonds is 3. The molecule has 1 aliphatic heterocycles. The molecular weight excluding hydrogens is 142 g/mol. The Kier molecular flexibility index (Phi) is 2.29. The standard InChI is InChI=1S/C8H13NO2/c1-6(2)8(10)9(3)4-7-5-11-7/h7H,1,4-5H2,2-3H3. The molecule has 0 saturated carbocycles. The van der Waals surface area contributed by atoms with Crippen molar-refractivity contribution >= 4 is 5.91 Å². The molecular formula is C8H13NO2. The van der Waals surface area contributed by atoms with Crippen molar-refractivity contribution in [2.75, 3.05) is 20.2 Å². The van der Waals surface area contributed by atoms with Gasteiger partial charge in [0, 0.05) is 19.2 Å². The van der Waals surface area contributed by atoms with Gasteiger partial charge in [-0.2, -0.15) is 0 Å². The zero-order chi connectivity index (χ0) is 8.43. The minimum Gasteiger partial charge on any atom is -0.371 e. The number of nitrogens with zero attached hydrogens (tertiary/aromatic N) is 1. The van der Waals surface area contributed by atoms with E-state index in [2.05, 4.69) is 6.58 Å². The van der Waals surface area contributed by atoms with Crippen LogP contribution in [-0.4, -0.2) is 37.1 Å². The van der Waals surface area contributed by atoms with E-state index in [-0.39, 0.29) is 12.0 Å². The third-order valence-electron chi connectivity index (χ3n) is 1.59. The van der Waals surface area contributed by atoms with Crippen molar-refractivity contribution in [3.05, 3.63) is 12.2 Å². The summed E-state index contributed by atoms with van der Waals surface area (Å²) in [4.78, 5) is 12.8. The fourth-order valence-electron chi connectivity index (χ4n) is 0.888. The van der Waals surface area contributed by atoms with Gasteiger partial charge in [0.2, 0.25) is 5.91 Å². The summed E-state index contributed by atoms with van der Waals surface area (Å²) in [7, 11) is 1.76. The summed E-state index contributed by atoms with van der Waals surface area (Å²) in [6.45, 7) is 6.76. The third-order valence-corrected chi connectivity index (χ3v) is 1.59. The molecule has 0 spiro atoms. The van der Waals surface area contributed by atoms with Gasteiger partial charge in [0.05, 0.1) is 12.7 Å². The second-order valence-electron chi connectivity index (χ2n) is 2.92. The van der Waals surface area contributed by atoms with Crippen LogP contribution in [0.5, 0.6) is 0 Å². The summed E-state index contributed by atoms with van der Waals surface area (Å²) < 4.78 is 4.99. The zero-order valence-electron chi connectivity index (χ0n) is 6.96. The van der Waals surface area contributed by atoms with Crippen LogP contribution in [0.1, 0.15) is 6.92 Å². The molecule has 0 aromatic carbocycles.